The van der Waals surface area contributed by atoms with Gasteiger partial charge in [-0.15, -0.1) is 0 Å². The summed E-state index contributed by atoms with van der Waals surface area (Å²) < 4.78 is 13.0. The van der Waals surface area contributed by atoms with Crippen LogP contribution in [-0.2, 0) is 17.8 Å². The van der Waals surface area contributed by atoms with Gasteiger partial charge in [0.15, 0.2) is 5.82 Å². The van der Waals surface area contributed by atoms with Crippen LogP contribution >= 0.6 is 0 Å². The third-order valence-electron chi connectivity index (χ3n) is 4.88. The van der Waals surface area contributed by atoms with Gasteiger partial charge in [0.2, 0.25) is 0 Å². The van der Waals surface area contributed by atoms with E-state index >= 15 is 0 Å². The van der Waals surface area contributed by atoms with Crippen molar-refractivity contribution in [2.75, 3.05) is 32.9 Å². The van der Waals surface area contributed by atoms with E-state index in [4.69, 9.17) is 14.5 Å². The Bertz CT molecular complexity index is 950. The number of hydrogen-bond donors (Lipinski definition) is 1. The van der Waals surface area contributed by atoms with E-state index in [1.54, 1.807) is 4.57 Å². The molecule has 0 bridgehead atoms. The van der Waals surface area contributed by atoms with Crippen LogP contribution in [0, 0.1) is 0 Å². The van der Waals surface area contributed by atoms with Crippen molar-refractivity contribution in [1.82, 2.24) is 9.55 Å². The Kier molecular flexibility index (Phi) is 5.46. The number of nitrogens with one attached hydrogen (secondary N) is 1. The van der Waals surface area contributed by atoms with Gasteiger partial charge >= 0.3 is 0 Å². The highest BCUT2D eigenvalue weighted by atomic mass is 16.5. The molecule has 2 aromatic carbocycles. The van der Waals surface area contributed by atoms with Crippen molar-refractivity contribution in [3.63, 3.8) is 0 Å². The zero-order chi connectivity index (χ0) is 18.5. The number of hydrogen-bond acceptors (Lipinski definition) is 4. The van der Waals surface area contributed by atoms with Gasteiger partial charge in [-0.3, -0.25) is 9.36 Å². The Hall–Kier alpha value is -2.70. The summed E-state index contributed by atoms with van der Waals surface area (Å²) in [5.41, 5.74) is 0.755. The maximum atomic E-state index is 13.1. The van der Waals surface area contributed by atoms with E-state index in [0.717, 1.165) is 49.9 Å². The molecule has 1 aliphatic heterocycles. The fraction of sp³-hybridized carbons (Fsp3) is 0.333. The lowest BCUT2D eigenvalue weighted by Crippen LogP contribution is -3.13. The summed E-state index contributed by atoms with van der Waals surface area (Å²) in [5.74, 6) is 1.62. The van der Waals surface area contributed by atoms with Gasteiger partial charge in [-0.05, 0) is 24.3 Å². The molecule has 0 spiro atoms. The molecule has 6 nitrogen and oxygen atoms in total. The number of aromatic nitrogens is 2. The lowest BCUT2D eigenvalue weighted by atomic mass is 10.2. The van der Waals surface area contributed by atoms with Crippen molar-refractivity contribution >= 4 is 10.9 Å². The lowest BCUT2D eigenvalue weighted by molar-refractivity contribution is -0.922. The van der Waals surface area contributed by atoms with E-state index in [2.05, 4.69) is 0 Å². The van der Waals surface area contributed by atoms with Gasteiger partial charge in [-0.2, -0.15) is 0 Å². The molecule has 1 saturated heterocycles. The Balaban J connectivity index is 1.60. The van der Waals surface area contributed by atoms with Crippen LogP contribution < -0.4 is 15.2 Å². The Labute approximate surface area is 158 Å². The van der Waals surface area contributed by atoms with Crippen LogP contribution in [0.1, 0.15) is 5.82 Å². The average molecular weight is 366 g/mol. The van der Waals surface area contributed by atoms with Crippen molar-refractivity contribution in [2.45, 2.75) is 13.1 Å². The molecule has 1 aromatic heterocycles. The number of rotatable bonds is 6. The zero-order valence-electron chi connectivity index (χ0n) is 15.3. The van der Waals surface area contributed by atoms with Crippen molar-refractivity contribution in [3.05, 3.63) is 70.8 Å². The second-order valence-corrected chi connectivity index (χ2v) is 6.70. The number of para-hydroxylation sites is 2. The number of quaternary nitrogens is 1. The van der Waals surface area contributed by atoms with E-state index < -0.39 is 0 Å². The third kappa shape index (κ3) is 4.18. The molecule has 1 N–H and O–H groups in total. The molecule has 0 radical (unpaired) electrons. The molecule has 0 amide bonds. The van der Waals surface area contributed by atoms with Gasteiger partial charge in [0.25, 0.3) is 5.56 Å². The van der Waals surface area contributed by atoms with Crippen molar-refractivity contribution in [1.29, 1.82) is 0 Å². The topological polar surface area (TPSA) is 57.8 Å². The van der Waals surface area contributed by atoms with Crippen LogP contribution in [0.2, 0.25) is 0 Å². The van der Waals surface area contributed by atoms with Gasteiger partial charge in [-0.25, -0.2) is 4.98 Å². The maximum absolute atomic E-state index is 13.1. The van der Waals surface area contributed by atoms with Gasteiger partial charge in [0.05, 0.1) is 30.7 Å². The van der Waals surface area contributed by atoms with Crippen LogP contribution in [0.5, 0.6) is 5.75 Å². The Morgan fingerprint density at radius 1 is 1.04 bits per heavy atom. The molecular formula is C21H24N3O3+. The average Bonchev–Trinajstić information content (AvgIpc) is 2.72. The fourth-order valence-electron chi connectivity index (χ4n) is 3.41. The molecule has 0 unspecified atom stereocenters. The SMILES string of the molecule is O=c1c2ccccc2nc(C[NH+]2CCOCC2)n1CCOc1ccccc1. The van der Waals surface area contributed by atoms with Crippen LogP contribution in [-0.4, -0.2) is 42.5 Å². The lowest BCUT2D eigenvalue weighted by Gasteiger charge is -2.24. The quantitative estimate of drug-likeness (QED) is 0.704. The minimum Gasteiger partial charge on any atom is -0.492 e. The number of ether oxygens (including phenoxy) is 2. The van der Waals surface area contributed by atoms with Crippen LogP contribution in [0.3, 0.4) is 0 Å². The fourth-order valence-corrected chi connectivity index (χ4v) is 3.41. The molecular weight excluding hydrogens is 342 g/mol. The number of morpholine rings is 1. The number of benzene rings is 2. The van der Waals surface area contributed by atoms with Gasteiger partial charge in [0.1, 0.15) is 32.0 Å². The van der Waals surface area contributed by atoms with Crippen LogP contribution in [0.15, 0.2) is 59.4 Å². The van der Waals surface area contributed by atoms with E-state index in [9.17, 15) is 4.79 Å². The highest BCUT2D eigenvalue weighted by Crippen LogP contribution is 2.10. The van der Waals surface area contributed by atoms with Crippen molar-refractivity contribution < 1.29 is 14.4 Å². The molecule has 4 rings (SSSR count). The Morgan fingerprint density at radius 2 is 1.78 bits per heavy atom. The van der Waals surface area contributed by atoms with Crippen LogP contribution in [0.25, 0.3) is 10.9 Å². The van der Waals surface area contributed by atoms with E-state index in [1.165, 1.54) is 4.90 Å². The first kappa shape index (κ1) is 17.7. The van der Waals surface area contributed by atoms with E-state index in [-0.39, 0.29) is 5.56 Å². The van der Waals surface area contributed by atoms with Crippen molar-refractivity contribution in [3.8, 4) is 5.75 Å². The summed E-state index contributed by atoms with van der Waals surface area (Å²) in [6, 6.07) is 17.2. The molecule has 1 aliphatic rings. The highest BCUT2D eigenvalue weighted by Gasteiger charge is 2.19. The van der Waals surface area contributed by atoms with Gasteiger partial charge < -0.3 is 14.4 Å². The number of fused-ring (bicyclic) bond motifs is 1. The molecule has 2 heterocycles. The molecule has 27 heavy (non-hydrogen) atoms. The first-order chi connectivity index (χ1) is 13.3. The second kappa shape index (κ2) is 8.33. The molecule has 6 heteroatoms. The monoisotopic (exact) mass is 366 g/mol. The molecule has 140 valence electrons. The summed E-state index contributed by atoms with van der Waals surface area (Å²) in [6.45, 7) is 5.00. The largest absolute Gasteiger partial charge is 0.492 e. The predicted molar refractivity (Wildman–Crippen MR) is 103 cm³/mol. The van der Waals surface area contributed by atoms with Crippen LogP contribution in [0.4, 0.5) is 0 Å². The van der Waals surface area contributed by atoms with E-state index in [0.29, 0.717) is 18.5 Å². The third-order valence-corrected chi connectivity index (χ3v) is 4.88. The summed E-state index contributed by atoms with van der Waals surface area (Å²) in [7, 11) is 0. The summed E-state index contributed by atoms with van der Waals surface area (Å²) in [5, 5.41) is 0.651. The van der Waals surface area contributed by atoms with Gasteiger partial charge in [0, 0.05) is 0 Å². The molecule has 3 aromatic rings. The smallest absolute Gasteiger partial charge is 0.261 e. The van der Waals surface area contributed by atoms with E-state index in [1.807, 2.05) is 54.6 Å². The highest BCUT2D eigenvalue weighted by molar-refractivity contribution is 5.77. The molecule has 0 atom stereocenters. The number of nitrogens with zero attached hydrogens (tertiary/aromatic N) is 2. The molecule has 0 aliphatic carbocycles. The summed E-state index contributed by atoms with van der Waals surface area (Å²) in [6.07, 6.45) is 0. The standard InChI is InChI=1S/C21H23N3O3/c25-21-18-8-4-5-9-19(18)22-20(16-23-10-13-26-14-11-23)24(21)12-15-27-17-6-2-1-3-7-17/h1-9H,10-16H2/p+1. The Morgan fingerprint density at radius 3 is 2.59 bits per heavy atom. The first-order valence-electron chi connectivity index (χ1n) is 9.39. The van der Waals surface area contributed by atoms with Gasteiger partial charge in [-0.1, -0.05) is 30.3 Å². The normalized spacial score (nSPS) is 15.1. The first-order valence-corrected chi connectivity index (χ1v) is 9.39. The maximum Gasteiger partial charge on any atom is 0.261 e. The molecule has 0 saturated carbocycles. The van der Waals surface area contributed by atoms with Crippen molar-refractivity contribution in [2.24, 2.45) is 0 Å². The zero-order valence-corrected chi connectivity index (χ0v) is 15.3. The predicted octanol–water partition coefficient (Wildman–Crippen LogP) is 0.891. The summed E-state index contributed by atoms with van der Waals surface area (Å²) in [4.78, 5) is 19.3. The minimum absolute atomic E-state index is 0.0000730. The summed E-state index contributed by atoms with van der Waals surface area (Å²) >= 11 is 0. The minimum atomic E-state index is -0.0000730. The second-order valence-electron chi connectivity index (χ2n) is 6.70. The molecule has 1 fully saturated rings.